The molecule has 0 heterocycles. The maximum atomic E-state index is 12.3. The Morgan fingerprint density at radius 3 is 2.58 bits per heavy atom. The second-order valence-electron chi connectivity index (χ2n) is 6.07. The third-order valence-corrected chi connectivity index (χ3v) is 4.08. The highest BCUT2D eigenvalue weighted by Crippen LogP contribution is 2.21. The largest absolute Gasteiger partial charge is 0.494 e. The molecular formula is C22H23NO3. The van der Waals surface area contributed by atoms with Gasteiger partial charge in [-0.2, -0.15) is 0 Å². The average molecular weight is 349 g/mol. The molecule has 3 aromatic carbocycles. The van der Waals surface area contributed by atoms with E-state index >= 15 is 0 Å². The molecule has 0 aliphatic rings. The summed E-state index contributed by atoms with van der Waals surface area (Å²) in [5, 5.41) is 5.14. The Morgan fingerprint density at radius 2 is 1.77 bits per heavy atom. The Hall–Kier alpha value is -3.01. The van der Waals surface area contributed by atoms with Crippen LogP contribution in [0.15, 0.2) is 66.7 Å². The summed E-state index contributed by atoms with van der Waals surface area (Å²) in [5.74, 6) is 1.34. The van der Waals surface area contributed by atoms with Crippen LogP contribution in [-0.2, 0) is 11.3 Å². The van der Waals surface area contributed by atoms with E-state index in [1.54, 1.807) is 6.92 Å². The zero-order valence-electron chi connectivity index (χ0n) is 15.1. The van der Waals surface area contributed by atoms with E-state index in [0.717, 1.165) is 22.1 Å². The van der Waals surface area contributed by atoms with Crippen molar-refractivity contribution in [3.63, 3.8) is 0 Å². The van der Waals surface area contributed by atoms with Gasteiger partial charge in [-0.25, -0.2) is 0 Å². The molecule has 0 saturated carbocycles. The molecule has 0 fully saturated rings. The van der Waals surface area contributed by atoms with Crippen molar-refractivity contribution in [2.24, 2.45) is 0 Å². The molecule has 3 aromatic rings. The van der Waals surface area contributed by atoms with Crippen molar-refractivity contribution in [1.82, 2.24) is 5.32 Å². The van der Waals surface area contributed by atoms with Gasteiger partial charge < -0.3 is 14.8 Å². The van der Waals surface area contributed by atoms with Crippen molar-refractivity contribution in [3.05, 3.63) is 72.3 Å². The summed E-state index contributed by atoms with van der Waals surface area (Å²) in [6.07, 6.45) is -0.578. The number of rotatable bonds is 7. The monoisotopic (exact) mass is 349 g/mol. The van der Waals surface area contributed by atoms with E-state index in [1.165, 1.54) is 0 Å². The second-order valence-corrected chi connectivity index (χ2v) is 6.07. The maximum Gasteiger partial charge on any atom is 0.261 e. The fourth-order valence-corrected chi connectivity index (χ4v) is 2.74. The Kier molecular flexibility index (Phi) is 5.74. The normalized spacial score (nSPS) is 11.8. The zero-order valence-corrected chi connectivity index (χ0v) is 15.1. The molecule has 0 spiro atoms. The molecule has 1 amide bonds. The van der Waals surface area contributed by atoms with E-state index < -0.39 is 6.10 Å². The Morgan fingerprint density at radius 1 is 0.962 bits per heavy atom. The lowest BCUT2D eigenvalue weighted by Crippen LogP contribution is -2.35. The van der Waals surface area contributed by atoms with Gasteiger partial charge in [0.25, 0.3) is 5.91 Å². The maximum absolute atomic E-state index is 12.3. The zero-order chi connectivity index (χ0) is 18.4. The van der Waals surface area contributed by atoms with Crippen LogP contribution in [0.25, 0.3) is 10.8 Å². The van der Waals surface area contributed by atoms with Crippen LogP contribution in [-0.4, -0.2) is 18.6 Å². The highest BCUT2D eigenvalue weighted by atomic mass is 16.5. The van der Waals surface area contributed by atoms with E-state index in [9.17, 15) is 4.79 Å². The number of hydrogen-bond donors (Lipinski definition) is 1. The summed E-state index contributed by atoms with van der Waals surface area (Å²) in [5.41, 5.74) is 0.988. The van der Waals surface area contributed by atoms with Crippen LogP contribution >= 0.6 is 0 Å². The van der Waals surface area contributed by atoms with Crippen molar-refractivity contribution in [2.45, 2.75) is 26.5 Å². The summed E-state index contributed by atoms with van der Waals surface area (Å²) in [4.78, 5) is 12.3. The average Bonchev–Trinajstić information content (AvgIpc) is 2.66. The van der Waals surface area contributed by atoms with Crippen molar-refractivity contribution in [2.75, 3.05) is 6.61 Å². The number of carbonyl (C=O) groups excluding carboxylic acids is 1. The summed E-state index contributed by atoms with van der Waals surface area (Å²) >= 11 is 0. The van der Waals surface area contributed by atoms with Gasteiger partial charge >= 0.3 is 0 Å². The first kappa shape index (κ1) is 17.8. The fraction of sp³-hybridized carbons (Fsp3) is 0.227. The number of carbonyl (C=O) groups is 1. The number of amides is 1. The third-order valence-electron chi connectivity index (χ3n) is 4.08. The van der Waals surface area contributed by atoms with E-state index in [1.807, 2.05) is 73.7 Å². The van der Waals surface area contributed by atoms with Crippen LogP contribution < -0.4 is 14.8 Å². The first-order valence-corrected chi connectivity index (χ1v) is 8.80. The predicted molar refractivity (Wildman–Crippen MR) is 103 cm³/mol. The molecule has 4 nitrogen and oxygen atoms in total. The third kappa shape index (κ3) is 4.54. The van der Waals surface area contributed by atoms with Gasteiger partial charge in [-0.3, -0.25) is 4.79 Å². The van der Waals surface area contributed by atoms with Gasteiger partial charge in [-0.1, -0.05) is 42.5 Å². The minimum Gasteiger partial charge on any atom is -0.494 e. The van der Waals surface area contributed by atoms with Gasteiger partial charge in [-0.15, -0.1) is 0 Å². The minimum absolute atomic E-state index is 0.153. The Labute approximate surface area is 153 Å². The van der Waals surface area contributed by atoms with Crippen LogP contribution in [0.3, 0.4) is 0 Å². The standard InChI is InChI=1S/C22H23NO3/c1-3-25-20-10-6-7-17(13-20)15-23-22(24)16(2)26-21-12-11-18-8-4-5-9-19(18)14-21/h4-14,16H,3,15H2,1-2H3,(H,23,24)/t16-/m0/s1. The van der Waals surface area contributed by atoms with Gasteiger partial charge in [0.05, 0.1) is 6.61 Å². The van der Waals surface area contributed by atoms with Gasteiger partial charge in [0.1, 0.15) is 11.5 Å². The van der Waals surface area contributed by atoms with E-state index in [2.05, 4.69) is 5.32 Å². The topological polar surface area (TPSA) is 47.6 Å². The molecule has 3 rings (SSSR count). The molecule has 0 radical (unpaired) electrons. The molecule has 0 unspecified atom stereocenters. The number of fused-ring (bicyclic) bond motifs is 1. The van der Waals surface area contributed by atoms with Gasteiger partial charge in [0, 0.05) is 6.54 Å². The number of benzene rings is 3. The van der Waals surface area contributed by atoms with Crippen molar-refractivity contribution >= 4 is 16.7 Å². The quantitative estimate of drug-likeness (QED) is 0.691. The van der Waals surface area contributed by atoms with E-state index in [4.69, 9.17) is 9.47 Å². The SMILES string of the molecule is CCOc1cccc(CNC(=O)[C@H](C)Oc2ccc3ccccc3c2)c1. The van der Waals surface area contributed by atoms with Gasteiger partial charge in [0.15, 0.2) is 6.10 Å². The second kappa shape index (κ2) is 8.39. The van der Waals surface area contributed by atoms with Crippen LogP contribution in [0.1, 0.15) is 19.4 Å². The van der Waals surface area contributed by atoms with Gasteiger partial charge in [0.2, 0.25) is 0 Å². The molecule has 0 saturated heterocycles. The Bertz CT molecular complexity index is 891. The lowest BCUT2D eigenvalue weighted by Gasteiger charge is -2.15. The molecule has 0 aromatic heterocycles. The van der Waals surface area contributed by atoms with Crippen LogP contribution in [0.4, 0.5) is 0 Å². The summed E-state index contributed by atoms with van der Waals surface area (Å²) in [6, 6.07) is 21.6. The lowest BCUT2D eigenvalue weighted by molar-refractivity contribution is -0.127. The molecule has 1 N–H and O–H groups in total. The number of hydrogen-bond acceptors (Lipinski definition) is 3. The molecule has 0 aliphatic carbocycles. The van der Waals surface area contributed by atoms with E-state index in [-0.39, 0.29) is 5.91 Å². The minimum atomic E-state index is -0.578. The van der Waals surface area contributed by atoms with Crippen molar-refractivity contribution in [3.8, 4) is 11.5 Å². The molecule has 0 aliphatic heterocycles. The number of nitrogens with one attached hydrogen (secondary N) is 1. The first-order chi connectivity index (χ1) is 12.7. The van der Waals surface area contributed by atoms with Crippen molar-refractivity contribution < 1.29 is 14.3 Å². The molecule has 1 atom stereocenters. The fourth-order valence-electron chi connectivity index (χ4n) is 2.74. The van der Waals surface area contributed by atoms with Crippen LogP contribution in [0.5, 0.6) is 11.5 Å². The first-order valence-electron chi connectivity index (χ1n) is 8.80. The van der Waals surface area contributed by atoms with Crippen LogP contribution in [0, 0.1) is 0 Å². The lowest BCUT2D eigenvalue weighted by atomic mass is 10.1. The molecular weight excluding hydrogens is 326 g/mol. The van der Waals surface area contributed by atoms with Crippen LogP contribution in [0.2, 0.25) is 0 Å². The smallest absolute Gasteiger partial charge is 0.261 e. The number of ether oxygens (including phenoxy) is 2. The highest BCUT2D eigenvalue weighted by molar-refractivity contribution is 5.84. The molecule has 134 valence electrons. The Balaban J connectivity index is 1.57. The molecule has 0 bridgehead atoms. The van der Waals surface area contributed by atoms with Gasteiger partial charge in [-0.05, 0) is 54.4 Å². The summed E-state index contributed by atoms with van der Waals surface area (Å²) < 4.78 is 11.3. The molecule has 26 heavy (non-hydrogen) atoms. The highest BCUT2D eigenvalue weighted by Gasteiger charge is 2.14. The van der Waals surface area contributed by atoms with E-state index in [0.29, 0.717) is 18.9 Å². The molecule has 4 heteroatoms. The van der Waals surface area contributed by atoms with Crippen molar-refractivity contribution in [1.29, 1.82) is 0 Å². The predicted octanol–water partition coefficient (Wildman–Crippen LogP) is 4.32. The summed E-state index contributed by atoms with van der Waals surface area (Å²) in [6.45, 7) is 4.75. The summed E-state index contributed by atoms with van der Waals surface area (Å²) in [7, 11) is 0.